The van der Waals surface area contributed by atoms with Gasteiger partial charge in [0.25, 0.3) is 0 Å². The van der Waals surface area contributed by atoms with E-state index in [2.05, 4.69) is 0 Å². The van der Waals surface area contributed by atoms with Crippen LogP contribution in [-0.4, -0.2) is 15.3 Å². The third kappa shape index (κ3) is 2.21. The first-order chi connectivity index (χ1) is 6.07. The monoisotopic (exact) mass is 219 g/mol. The minimum atomic E-state index is -0.513. The molecule has 5 N–H and O–H groups in total. The average molecular weight is 220 g/mol. The van der Waals surface area contributed by atoms with Crippen molar-refractivity contribution in [1.82, 2.24) is 0 Å². The van der Waals surface area contributed by atoms with Crippen LogP contribution in [0.2, 0.25) is 0 Å². The van der Waals surface area contributed by atoms with Crippen molar-refractivity contribution < 1.29 is 15.3 Å². The molecule has 0 saturated heterocycles. The molecule has 0 unspecified atom stereocenters. The summed E-state index contributed by atoms with van der Waals surface area (Å²) in [6.07, 6.45) is 0.651. The summed E-state index contributed by atoms with van der Waals surface area (Å²) in [4.78, 5) is 0. The second kappa shape index (κ2) is 4.93. The van der Waals surface area contributed by atoms with E-state index in [1.807, 2.05) is 6.92 Å². The summed E-state index contributed by atoms with van der Waals surface area (Å²) in [5, 5.41) is 27.6. The number of benzene rings is 1. The Morgan fingerprint density at radius 1 is 1.21 bits per heavy atom. The molecule has 5 heteroatoms. The van der Waals surface area contributed by atoms with Gasteiger partial charge >= 0.3 is 0 Å². The van der Waals surface area contributed by atoms with E-state index in [4.69, 9.17) is 10.8 Å². The molecule has 1 aromatic rings. The molecule has 4 nitrogen and oxygen atoms in total. The summed E-state index contributed by atoms with van der Waals surface area (Å²) in [5.74, 6) is -1.19. The van der Waals surface area contributed by atoms with Gasteiger partial charge in [0.1, 0.15) is 0 Å². The highest BCUT2D eigenvalue weighted by molar-refractivity contribution is 5.85. The second-order valence-corrected chi connectivity index (χ2v) is 2.89. The Morgan fingerprint density at radius 2 is 1.79 bits per heavy atom. The number of hydrogen-bond donors (Lipinski definition) is 4. The number of hydrogen-bond acceptors (Lipinski definition) is 4. The zero-order chi connectivity index (χ0) is 10.0. The normalized spacial score (nSPS) is 11.9. The zero-order valence-electron chi connectivity index (χ0n) is 7.77. The van der Waals surface area contributed by atoms with Gasteiger partial charge in [0.15, 0.2) is 11.5 Å². The van der Waals surface area contributed by atoms with Gasteiger partial charge < -0.3 is 21.1 Å². The van der Waals surface area contributed by atoms with E-state index in [1.54, 1.807) is 0 Å². The fourth-order valence-electron chi connectivity index (χ4n) is 1.10. The molecule has 0 aromatic heterocycles. The van der Waals surface area contributed by atoms with Crippen molar-refractivity contribution in [2.75, 3.05) is 0 Å². The van der Waals surface area contributed by atoms with Crippen LogP contribution in [0.5, 0.6) is 17.2 Å². The first-order valence-corrected chi connectivity index (χ1v) is 4.07. The molecule has 14 heavy (non-hydrogen) atoms. The fourth-order valence-corrected chi connectivity index (χ4v) is 1.10. The van der Waals surface area contributed by atoms with Crippen LogP contribution >= 0.6 is 12.4 Å². The number of aromatic hydroxyl groups is 3. The molecule has 0 amide bonds. The van der Waals surface area contributed by atoms with Crippen molar-refractivity contribution in [2.45, 2.75) is 19.4 Å². The summed E-state index contributed by atoms with van der Waals surface area (Å²) in [5.41, 5.74) is 6.10. The summed E-state index contributed by atoms with van der Waals surface area (Å²) in [7, 11) is 0. The van der Waals surface area contributed by atoms with E-state index < -0.39 is 5.75 Å². The molecule has 0 aliphatic carbocycles. The van der Waals surface area contributed by atoms with Crippen molar-refractivity contribution in [3.63, 3.8) is 0 Å². The summed E-state index contributed by atoms with van der Waals surface area (Å²) >= 11 is 0. The molecule has 0 saturated carbocycles. The van der Waals surface area contributed by atoms with Gasteiger partial charge in [-0.1, -0.05) is 6.92 Å². The molecule has 1 aromatic carbocycles. The molecule has 0 radical (unpaired) electrons. The smallest absolute Gasteiger partial charge is 0.200 e. The van der Waals surface area contributed by atoms with Gasteiger partial charge in [-0.3, -0.25) is 0 Å². The van der Waals surface area contributed by atoms with E-state index in [1.165, 1.54) is 12.1 Å². The Morgan fingerprint density at radius 3 is 2.29 bits per heavy atom. The fraction of sp³-hybridized carbons (Fsp3) is 0.333. The van der Waals surface area contributed by atoms with Gasteiger partial charge in [-0.15, -0.1) is 12.4 Å². The van der Waals surface area contributed by atoms with E-state index in [0.29, 0.717) is 12.0 Å². The Labute approximate surface area is 88.4 Å². The largest absolute Gasteiger partial charge is 0.504 e. The third-order valence-corrected chi connectivity index (χ3v) is 2.00. The molecule has 0 bridgehead atoms. The van der Waals surface area contributed by atoms with Crippen molar-refractivity contribution in [3.8, 4) is 17.2 Å². The highest BCUT2D eigenvalue weighted by Crippen LogP contribution is 2.39. The Kier molecular flexibility index (Phi) is 4.53. The minimum absolute atomic E-state index is 0. The van der Waals surface area contributed by atoms with E-state index >= 15 is 0 Å². The van der Waals surface area contributed by atoms with Crippen LogP contribution in [0.25, 0.3) is 0 Å². The first kappa shape index (κ1) is 12.9. The van der Waals surface area contributed by atoms with Crippen LogP contribution < -0.4 is 5.73 Å². The third-order valence-electron chi connectivity index (χ3n) is 2.00. The van der Waals surface area contributed by atoms with Gasteiger partial charge in [0, 0.05) is 11.6 Å². The van der Waals surface area contributed by atoms with Crippen LogP contribution in [0.1, 0.15) is 24.9 Å². The number of rotatable bonds is 2. The summed E-state index contributed by atoms with van der Waals surface area (Å²) in [6.45, 7) is 1.87. The Hall–Kier alpha value is -1.13. The molecular weight excluding hydrogens is 206 g/mol. The van der Waals surface area contributed by atoms with Crippen LogP contribution in [-0.2, 0) is 0 Å². The molecule has 0 spiro atoms. The van der Waals surface area contributed by atoms with E-state index in [-0.39, 0.29) is 29.9 Å². The topological polar surface area (TPSA) is 86.7 Å². The SMILES string of the molecule is CC[C@@H](N)c1ccc(O)c(O)c1O.Cl. The van der Waals surface area contributed by atoms with Crippen molar-refractivity contribution in [2.24, 2.45) is 5.73 Å². The highest BCUT2D eigenvalue weighted by atomic mass is 35.5. The highest BCUT2D eigenvalue weighted by Gasteiger charge is 2.14. The summed E-state index contributed by atoms with van der Waals surface area (Å²) < 4.78 is 0. The predicted octanol–water partition coefficient (Wildman–Crippen LogP) is 1.63. The lowest BCUT2D eigenvalue weighted by molar-refractivity contribution is 0.362. The maximum absolute atomic E-state index is 9.39. The van der Waals surface area contributed by atoms with Gasteiger partial charge in [-0.05, 0) is 18.6 Å². The zero-order valence-corrected chi connectivity index (χ0v) is 8.58. The second-order valence-electron chi connectivity index (χ2n) is 2.89. The first-order valence-electron chi connectivity index (χ1n) is 4.07. The van der Waals surface area contributed by atoms with Gasteiger partial charge in [-0.2, -0.15) is 0 Å². The number of nitrogens with two attached hydrogens (primary N) is 1. The molecule has 0 fully saturated rings. The lowest BCUT2D eigenvalue weighted by Gasteiger charge is -2.12. The molecule has 80 valence electrons. The van der Waals surface area contributed by atoms with Crippen LogP contribution in [0.3, 0.4) is 0 Å². The summed E-state index contributed by atoms with van der Waals surface area (Å²) in [6, 6.07) is 2.48. The van der Waals surface area contributed by atoms with Crippen molar-refractivity contribution in [1.29, 1.82) is 0 Å². The lowest BCUT2D eigenvalue weighted by Crippen LogP contribution is -2.08. The lowest BCUT2D eigenvalue weighted by atomic mass is 10.0. The van der Waals surface area contributed by atoms with Crippen LogP contribution in [0.4, 0.5) is 0 Å². The molecule has 1 atom stereocenters. The van der Waals surface area contributed by atoms with Gasteiger partial charge in [0.05, 0.1) is 0 Å². The van der Waals surface area contributed by atoms with E-state index in [0.717, 1.165) is 0 Å². The predicted molar refractivity (Wildman–Crippen MR) is 55.9 cm³/mol. The quantitative estimate of drug-likeness (QED) is 0.570. The number of phenols is 3. The molecule has 0 aliphatic rings. The van der Waals surface area contributed by atoms with Gasteiger partial charge in [-0.25, -0.2) is 0 Å². The molecule has 1 rings (SSSR count). The van der Waals surface area contributed by atoms with Crippen LogP contribution in [0.15, 0.2) is 12.1 Å². The molecule has 0 heterocycles. The average Bonchev–Trinajstić information content (AvgIpc) is 2.13. The van der Waals surface area contributed by atoms with Crippen molar-refractivity contribution >= 4 is 12.4 Å². The van der Waals surface area contributed by atoms with E-state index in [9.17, 15) is 10.2 Å². The number of phenolic OH excluding ortho intramolecular Hbond substituents is 3. The minimum Gasteiger partial charge on any atom is -0.504 e. The number of halogens is 1. The molecule has 0 aliphatic heterocycles. The Bertz CT molecular complexity index is 317. The standard InChI is InChI=1S/C9H13NO3.ClH/c1-2-6(10)5-3-4-7(11)9(13)8(5)12;/h3-4,6,11-13H,2,10H2,1H3;1H/t6-;/m1./s1. The van der Waals surface area contributed by atoms with Crippen molar-refractivity contribution in [3.05, 3.63) is 17.7 Å². The van der Waals surface area contributed by atoms with Gasteiger partial charge in [0.2, 0.25) is 5.75 Å². The maximum atomic E-state index is 9.39. The Balaban J connectivity index is 0.00000169. The molecular formula is C9H14ClNO3. The maximum Gasteiger partial charge on any atom is 0.200 e. The van der Waals surface area contributed by atoms with Crippen LogP contribution in [0, 0.1) is 0 Å².